The van der Waals surface area contributed by atoms with E-state index in [1.165, 1.54) is 10.4 Å². The van der Waals surface area contributed by atoms with Crippen LogP contribution in [0.25, 0.3) is 6.08 Å². The van der Waals surface area contributed by atoms with E-state index in [2.05, 4.69) is 13.8 Å². The van der Waals surface area contributed by atoms with Gasteiger partial charge in [-0.05, 0) is 35.8 Å². The lowest BCUT2D eigenvalue weighted by Crippen LogP contribution is -2.50. The Hall–Kier alpha value is -2.64. The molecule has 1 amide bonds. The molecule has 0 aromatic heterocycles. The van der Waals surface area contributed by atoms with E-state index in [4.69, 9.17) is 4.74 Å². The molecule has 1 aliphatic heterocycles. The molecule has 0 unspecified atom stereocenters. The number of hydrogen-bond acceptors (Lipinski definition) is 4. The molecule has 7 heteroatoms. The molecule has 0 bridgehead atoms. The predicted molar refractivity (Wildman–Crippen MR) is 118 cm³/mol. The summed E-state index contributed by atoms with van der Waals surface area (Å²) in [5.41, 5.74) is 1.92. The van der Waals surface area contributed by atoms with Crippen molar-refractivity contribution in [2.45, 2.75) is 24.7 Å². The van der Waals surface area contributed by atoms with Crippen molar-refractivity contribution in [1.29, 1.82) is 0 Å². The van der Waals surface area contributed by atoms with Crippen molar-refractivity contribution in [3.05, 3.63) is 65.7 Å². The smallest absolute Gasteiger partial charge is 0.246 e. The maximum absolute atomic E-state index is 12.9. The molecule has 160 valence electrons. The van der Waals surface area contributed by atoms with Crippen LogP contribution in [0.3, 0.4) is 0 Å². The van der Waals surface area contributed by atoms with Crippen LogP contribution < -0.4 is 4.74 Å². The first-order valence-electron chi connectivity index (χ1n) is 10.0. The number of benzene rings is 2. The van der Waals surface area contributed by atoms with Crippen molar-refractivity contribution in [2.24, 2.45) is 0 Å². The van der Waals surface area contributed by atoms with Crippen molar-refractivity contribution >= 4 is 22.0 Å². The van der Waals surface area contributed by atoms with Gasteiger partial charge in [0.25, 0.3) is 0 Å². The third-order valence-corrected chi connectivity index (χ3v) is 7.19. The molecular formula is C23H28N2O4S. The maximum Gasteiger partial charge on any atom is 0.246 e. The molecule has 6 nitrogen and oxygen atoms in total. The lowest BCUT2D eigenvalue weighted by molar-refractivity contribution is -0.127. The van der Waals surface area contributed by atoms with E-state index in [-0.39, 0.29) is 19.0 Å². The highest BCUT2D eigenvalue weighted by Crippen LogP contribution is 2.22. The van der Waals surface area contributed by atoms with Gasteiger partial charge in [-0.15, -0.1) is 0 Å². The molecule has 0 atom stereocenters. The van der Waals surface area contributed by atoms with Crippen LogP contribution in [0.1, 0.15) is 30.9 Å². The summed E-state index contributed by atoms with van der Waals surface area (Å²) in [6, 6.07) is 14.5. The highest BCUT2D eigenvalue weighted by atomic mass is 32.2. The van der Waals surface area contributed by atoms with Crippen molar-refractivity contribution in [2.75, 3.05) is 33.3 Å². The molecular weight excluding hydrogens is 400 g/mol. The molecule has 0 spiro atoms. The van der Waals surface area contributed by atoms with E-state index in [9.17, 15) is 13.2 Å². The molecule has 2 aromatic carbocycles. The van der Waals surface area contributed by atoms with Gasteiger partial charge in [0.15, 0.2) is 0 Å². The summed E-state index contributed by atoms with van der Waals surface area (Å²) in [6.07, 6.45) is 3.23. The minimum absolute atomic E-state index is 0.140. The first kappa shape index (κ1) is 22.1. The Morgan fingerprint density at radius 2 is 1.63 bits per heavy atom. The number of nitrogens with zero attached hydrogens (tertiary/aromatic N) is 2. The fourth-order valence-electron chi connectivity index (χ4n) is 3.39. The van der Waals surface area contributed by atoms with E-state index in [0.717, 1.165) is 11.1 Å². The number of para-hydroxylation sites is 1. The van der Waals surface area contributed by atoms with Gasteiger partial charge < -0.3 is 9.64 Å². The lowest BCUT2D eigenvalue weighted by Gasteiger charge is -2.33. The van der Waals surface area contributed by atoms with Gasteiger partial charge in [0.1, 0.15) is 5.75 Å². The summed E-state index contributed by atoms with van der Waals surface area (Å²) in [7, 11) is -1.97. The minimum Gasteiger partial charge on any atom is -0.496 e. The molecule has 0 aliphatic carbocycles. The van der Waals surface area contributed by atoms with Crippen molar-refractivity contribution in [3.63, 3.8) is 0 Å². The lowest BCUT2D eigenvalue weighted by atomic mass is 10.0. The topological polar surface area (TPSA) is 66.9 Å². The zero-order chi connectivity index (χ0) is 21.7. The second-order valence-corrected chi connectivity index (χ2v) is 9.47. The van der Waals surface area contributed by atoms with Crippen LogP contribution in [0.15, 0.2) is 59.5 Å². The number of carbonyl (C=O) groups excluding carboxylic acids is 1. The maximum atomic E-state index is 12.9. The van der Waals surface area contributed by atoms with Gasteiger partial charge in [0, 0.05) is 37.8 Å². The highest BCUT2D eigenvalue weighted by molar-refractivity contribution is 7.89. The summed E-state index contributed by atoms with van der Waals surface area (Å²) >= 11 is 0. The normalized spacial score (nSPS) is 15.7. The standard InChI is InChI=1S/C23H28N2O4S/c1-18(2)19-8-11-21(12-9-19)30(27,28)25-16-14-24(15-17-25)23(26)13-10-20-6-4-5-7-22(20)29-3/h4-13,18H,14-17H2,1-3H3. The molecule has 3 rings (SSSR count). The van der Waals surface area contributed by atoms with E-state index in [1.54, 1.807) is 30.2 Å². The van der Waals surface area contributed by atoms with E-state index >= 15 is 0 Å². The Balaban J connectivity index is 1.62. The first-order valence-corrected chi connectivity index (χ1v) is 11.5. The van der Waals surface area contributed by atoms with Crippen LogP contribution in [0.2, 0.25) is 0 Å². The van der Waals surface area contributed by atoms with Crippen LogP contribution in [0.5, 0.6) is 5.75 Å². The molecule has 1 saturated heterocycles. The van der Waals surface area contributed by atoms with Crippen LogP contribution in [-0.2, 0) is 14.8 Å². The molecule has 0 saturated carbocycles. The quantitative estimate of drug-likeness (QED) is 0.662. The number of hydrogen-bond donors (Lipinski definition) is 0. The number of amides is 1. The first-order chi connectivity index (χ1) is 14.3. The summed E-state index contributed by atoms with van der Waals surface area (Å²) in [5.74, 6) is 0.903. The summed E-state index contributed by atoms with van der Waals surface area (Å²) in [6.45, 7) is 5.42. The monoisotopic (exact) mass is 428 g/mol. The van der Waals surface area contributed by atoms with Gasteiger partial charge in [0.2, 0.25) is 15.9 Å². The Bertz CT molecular complexity index is 1010. The van der Waals surface area contributed by atoms with Gasteiger partial charge in [0.05, 0.1) is 12.0 Å². The number of ether oxygens (including phenoxy) is 1. The molecule has 0 N–H and O–H groups in total. The summed E-state index contributed by atoms with van der Waals surface area (Å²) in [4.78, 5) is 14.5. The van der Waals surface area contributed by atoms with Crippen LogP contribution in [0.4, 0.5) is 0 Å². The molecule has 0 radical (unpaired) electrons. The highest BCUT2D eigenvalue weighted by Gasteiger charge is 2.29. The van der Waals surface area contributed by atoms with Gasteiger partial charge in [-0.3, -0.25) is 4.79 Å². The third-order valence-electron chi connectivity index (χ3n) is 5.28. The van der Waals surface area contributed by atoms with E-state index < -0.39 is 10.0 Å². The summed E-state index contributed by atoms with van der Waals surface area (Å²) in [5, 5.41) is 0. The molecule has 1 aliphatic rings. The van der Waals surface area contributed by atoms with Gasteiger partial charge >= 0.3 is 0 Å². The Morgan fingerprint density at radius 3 is 2.23 bits per heavy atom. The number of sulfonamides is 1. The van der Waals surface area contributed by atoms with Crippen molar-refractivity contribution < 1.29 is 17.9 Å². The fourth-order valence-corrected chi connectivity index (χ4v) is 4.82. The van der Waals surface area contributed by atoms with Crippen LogP contribution >= 0.6 is 0 Å². The van der Waals surface area contributed by atoms with Crippen LogP contribution in [-0.4, -0.2) is 56.8 Å². The average Bonchev–Trinajstić information content (AvgIpc) is 2.77. The average molecular weight is 429 g/mol. The SMILES string of the molecule is COc1ccccc1C=CC(=O)N1CCN(S(=O)(=O)c2ccc(C(C)C)cc2)CC1. The largest absolute Gasteiger partial charge is 0.496 e. The van der Waals surface area contributed by atoms with Gasteiger partial charge in [-0.1, -0.05) is 44.2 Å². The number of carbonyl (C=O) groups is 1. The van der Waals surface area contributed by atoms with Crippen molar-refractivity contribution in [1.82, 2.24) is 9.21 Å². The van der Waals surface area contributed by atoms with E-state index in [0.29, 0.717) is 29.7 Å². The number of methoxy groups -OCH3 is 1. The number of rotatable bonds is 6. The zero-order valence-corrected chi connectivity index (χ0v) is 18.4. The minimum atomic E-state index is -3.56. The number of piperazine rings is 1. The Labute approximate surface area is 178 Å². The molecule has 2 aromatic rings. The Kier molecular flexibility index (Phi) is 6.95. The second kappa shape index (κ2) is 9.45. The predicted octanol–water partition coefficient (Wildman–Crippen LogP) is 3.36. The molecule has 1 heterocycles. The molecule has 30 heavy (non-hydrogen) atoms. The van der Waals surface area contributed by atoms with Crippen molar-refractivity contribution in [3.8, 4) is 5.75 Å². The third kappa shape index (κ3) is 4.91. The van der Waals surface area contributed by atoms with E-state index in [1.807, 2.05) is 36.4 Å². The van der Waals surface area contributed by atoms with Gasteiger partial charge in [-0.25, -0.2) is 8.42 Å². The Morgan fingerprint density at radius 1 is 1.00 bits per heavy atom. The fraction of sp³-hybridized carbons (Fsp3) is 0.348. The summed E-state index contributed by atoms with van der Waals surface area (Å²) < 4.78 is 32.6. The van der Waals surface area contributed by atoms with Crippen LogP contribution in [0, 0.1) is 0 Å². The van der Waals surface area contributed by atoms with Gasteiger partial charge in [-0.2, -0.15) is 4.31 Å². The zero-order valence-electron chi connectivity index (χ0n) is 17.6. The second-order valence-electron chi connectivity index (χ2n) is 7.53. The molecule has 1 fully saturated rings.